The van der Waals surface area contributed by atoms with E-state index in [1.54, 1.807) is 0 Å². The molecule has 1 atom stereocenters. The SMILES string of the molecule is O=S(=O)(F)C(F)(C(F)(F)F)C(F)(F)C(F)(F)C(F)(F)F. The molecule has 0 fully saturated rings. The van der Waals surface area contributed by atoms with Gasteiger partial charge < -0.3 is 0 Å². The van der Waals surface area contributed by atoms with Crippen LogP contribution < -0.4 is 0 Å². The van der Waals surface area contributed by atoms with Crippen LogP contribution >= 0.6 is 0 Å². The molecule has 15 heteroatoms. The first-order valence-corrected chi connectivity index (χ1v) is 5.15. The molecule has 0 aromatic carbocycles. The highest BCUT2D eigenvalue weighted by atomic mass is 32.3. The predicted molar refractivity (Wildman–Crippen MR) is 35.9 cm³/mol. The van der Waals surface area contributed by atoms with E-state index < -0.39 is 39.4 Å². The average molecular weight is 352 g/mol. The second-order valence-corrected chi connectivity index (χ2v) is 4.62. The summed E-state index contributed by atoms with van der Waals surface area (Å²) in [7, 11) is -8.24. The largest absolute Gasteiger partial charge is 0.460 e. The Balaban J connectivity index is 6.54. The van der Waals surface area contributed by atoms with Crippen molar-refractivity contribution in [3.05, 3.63) is 0 Å². The molecule has 0 aliphatic carbocycles. The summed E-state index contributed by atoms with van der Waals surface area (Å²) in [5.74, 6) is -15.8. The second kappa shape index (κ2) is 4.30. The Bertz CT molecular complexity index is 471. The summed E-state index contributed by atoms with van der Waals surface area (Å²) < 4.78 is 164. The molecule has 0 spiro atoms. The standard InChI is InChI=1S/C5F12O2S/c6-1(7,2(8,9)4(11,12)13)3(10,5(14,15)16)20(17,18)19. The first kappa shape index (κ1) is 19.1. The van der Waals surface area contributed by atoms with E-state index in [9.17, 15) is 60.6 Å². The molecule has 0 amide bonds. The van der Waals surface area contributed by atoms with Gasteiger partial charge in [-0.2, -0.15) is 52.3 Å². The molecule has 2 nitrogen and oxygen atoms in total. The third-order valence-corrected chi connectivity index (χ3v) is 3.01. The summed E-state index contributed by atoms with van der Waals surface area (Å²) in [5, 5.41) is -7.79. The molecule has 0 aliphatic heterocycles. The molecular formula is C5F12O2S. The molecule has 0 aromatic rings. The number of alkyl halides is 11. The Morgan fingerprint density at radius 3 is 1.00 bits per heavy atom. The predicted octanol–water partition coefficient (Wildman–Crippen LogP) is 3.35. The normalized spacial score (nSPS) is 18.8. The summed E-state index contributed by atoms with van der Waals surface area (Å²) in [6.45, 7) is 0. The minimum absolute atomic E-state index is 7.48. The molecule has 122 valence electrons. The van der Waals surface area contributed by atoms with Crippen LogP contribution in [-0.4, -0.2) is 37.6 Å². The van der Waals surface area contributed by atoms with Crippen LogP contribution in [-0.2, 0) is 10.2 Å². The lowest BCUT2D eigenvalue weighted by molar-refractivity contribution is -0.394. The summed E-state index contributed by atoms with van der Waals surface area (Å²) in [4.78, 5) is 0. The molecule has 0 bridgehead atoms. The highest BCUT2D eigenvalue weighted by Crippen LogP contribution is 2.59. The molecule has 0 rings (SSSR count). The second-order valence-electron chi connectivity index (χ2n) is 3.18. The van der Waals surface area contributed by atoms with E-state index in [-0.39, 0.29) is 0 Å². The van der Waals surface area contributed by atoms with Crippen LogP contribution in [0.2, 0.25) is 0 Å². The van der Waals surface area contributed by atoms with Gasteiger partial charge in [-0.1, -0.05) is 0 Å². The Labute approximate surface area is 101 Å². The van der Waals surface area contributed by atoms with Gasteiger partial charge in [-0.15, -0.1) is 3.89 Å². The van der Waals surface area contributed by atoms with E-state index in [0.29, 0.717) is 0 Å². The molecular weight excluding hydrogens is 352 g/mol. The summed E-state index contributed by atoms with van der Waals surface area (Å²) in [6.07, 6.45) is -15.1. The van der Waals surface area contributed by atoms with Gasteiger partial charge >= 0.3 is 39.4 Å². The third kappa shape index (κ3) is 2.28. The summed E-state index contributed by atoms with van der Waals surface area (Å²) in [5.41, 5.74) is 0. The Morgan fingerprint density at radius 1 is 0.550 bits per heavy atom. The first-order chi connectivity index (χ1) is 8.25. The lowest BCUT2D eigenvalue weighted by Crippen LogP contribution is -2.69. The van der Waals surface area contributed by atoms with Gasteiger partial charge in [0.1, 0.15) is 0 Å². The van der Waals surface area contributed by atoms with Crippen molar-refractivity contribution in [1.29, 1.82) is 0 Å². The van der Waals surface area contributed by atoms with Crippen LogP contribution in [0, 0.1) is 0 Å². The quantitative estimate of drug-likeness (QED) is 0.577. The molecule has 0 aliphatic rings. The fraction of sp³-hybridized carbons (Fsp3) is 1.00. The zero-order chi connectivity index (χ0) is 17.0. The van der Waals surface area contributed by atoms with Gasteiger partial charge in [0, 0.05) is 0 Å². The van der Waals surface area contributed by atoms with Crippen molar-refractivity contribution in [2.75, 3.05) is 0 Å². The van der Waals surface area contributed by atoms with Crippen LogP contribution in [0.25, 0.3) is 0 Å². The van der Waals surface area contributed by atoms with Gasteiger partial charge in [0.15, 0.2) is 0 Å². The van der Waals surface area contributed by atoms with Crippen molar-refractivity contribution in [1.82, 2.24) is 0 Å². The van der Waals surface area contributed by atoms with Gasteiger partial charge in [0.2, 0.25) is 0 Å². The fourth-order valence-corrected chi connectivity index (χ4v) is 1.56. The van der Waals surface area contributed by atoms with Crippen LogP contribution in [0.4, 0.5) is 52.2 Å². The van der Waals surface area contributed by atoms with E-state index in [1.165, 1.54) is 0 Å². The Hall–Kier alpha value is -0.890. The van der Waals surface area contributed by atoms with Crippen LogP contribution in [0.5, 0.6) is 0 Å². The molecule has 0 heterocycles. The molecule has 0 saturated heterocycles. The van der Waals surface area contributed by atoms with Crippen LogP contribution in [0.1, 0.15) is 0 Å². The summed E-state index contributed by atoms with van der Waals surface area (Å²) >= 11 is 0. The number of hydrogen-bond acceptors (Lipinski definition) is 2. The highest BCUT2D eigenvalue weighted by Gasteiger charge is 2.91. The van der Waals surface area contributed by atoms with Crippen molar-refractivity contribution in [3.63, 3.8) is 0 Å². The maximum Gasteiger partial charge on any atom is 0.460 e. The van der Waals surface area contributed by atoms with Gasteiger partial charge in [0.05, 0.1) is 0 Å². The molecule has 0 saturated carbocycles. The van der Waals surface area contributed by atoms with Crippen LogP contribution in [0.15, 0.2) is 0 Å². The zero-order valence-corrected chi connectivity index (χ0v) is 9.08. The minimum Gasteiger partial charge on any atom is -0.206 e. The highest BCUT2D eigenvalue weighted by molar-refractivity contribution is 7.87. The van der Waals surface area contributed by atoms with Crippen LogP contribution in [0.3, 0.4) is 0 Å². The van der Waals surface area contributed by atoms with E-state index in [2.05, 4.69) is 0 Å². The number of hydrogen-bond donors (Lipinski definition) is 0. The number of rotatable bonds is 3. The third-order valence-electron chi connectivity index (χ3n) is 1.85. The van der Waals surface area contributed by atoms with Gasteiger partial charge in [-0.25, -0.2) is 4.39 Å². The molecule has 0 N–H and O–H groups in total. The van der Waals surface area contributed by atoms with Crippen molar-refractivity contribution >= 4 is 10.2 Å². The summed E-state index contributed by atoms with van der Waals surface area (Å²) in [6, 6.07) is 0. The van der Waals surface area contributed by atoms with E-state index in [0.717, 1.165) is 0 Å². The van der Waals surface area contributed by atoms with E-state index in [1.807, 2.05) is 0 Å². The van der Waals surface area contributed by atoms with Gasteiger partial charge in [-0.3, -0.25) is 0 Å². The molecule has 1 unspecified atom stereocenters. The monoisotopic (exact) mass is 352 g/mol. The van der Waals surface area contributed by atoms with Gasteiger partial charge in [0.25, 0.3) is 0 Å². The zero-order valence-electron chi connectivity index (χ0n) is 8.26. The van der Waals surface area contributed by atoms with Crippen molar-refractivity contribution in [2.45, 2.75) is 29.2 Å². The Morgan fingerprint density at radius 2 is 0.850 bits per heavy atom. The van der Waals surface area contributed by atoms with Crippen molar-refractivity contribution < 1.29 is 60.6 Å². The lowest BCUT2D eigenvalue weighted by Gasteiger charge is -2.36. The average Bonchev–Trinajstić information content (AvgIpc) is 2.10. The Kier molecular flexibility index (Phi) is 4.11. The number of halogens is 12. The van der Waals surface area contributed by atoms with Gasteiger partial charge in [-0.05, 0) is 0 Å². The topological polar surface area (TPSA) is 34.1 Å². The smallest absolute Gasteiger partial charge is 0.206 e. The maximum absolute atomic E-state index is 12.8. The fourth-order valence-electron chi connectivity index (χ4n) is 0.849. The minimum atomic E-state index is -8.24. The van der Waals surface area contributed by atoms with Crippen molar-refractivity contribution in [3.8, 4) is 0 Å². The molecule has 0 radical (unpaired) electrons. The van der Waals surface area contributed by atoms with E-state index >= 15 is 0 Å². The lowest BCUT2D eigenvalue weighted by atomic mass is 10.1. The van der Waals surface area contributed by atoms with E-state index in [4.69, 9.17) is 0 Å². The maximum atomic E-state index is 12.8. The molecule has 20 heavy (non-hydrogen) atoms. The van der Waals surface area contributed by atoms with Crippen molar-refractivity contribution in [2.24, 2.45) is 0 Å². The molecule has 0 aromatic heterocycles. The first-order valence-electron chi connectivity index (χ1n) is 3.77.